The van der Waals surface area contributed by atoms with Crippen LogP contribution in [-0.4, -0.2) is 27.0 Å². The van der Waals surface area contributed by atoms with Crippen molar-refractivity contribution in [2.24, 2.45) is 0 Å². The number of hydrogen-bond acceptors (Lipinski definition) is 4. The van der Waals surface area contributed by atoms with Gasteiger partial charge in [0.1, 0.15) is 12.4 Å². The highest BCUT2D eigenvalue weighted by atomic mass is 32.2. The molecule has 0 bridgehead atoms. The van der Waals surface area contributed by atoms with Gasteiger partial charge in [-0.2, -0.15) is 0 Å². The average Bonchev–Trinajstić information content (AvgIpc) is 2.74. The molecule has 3 rings (SSSR count). The largest absolute Gasteiger partial charge is 0.491 e. The molecule has 156 valence electrons. The van der Waals surface area contributed by atoms with Crippen LogP contribution in [0.15, 0.2) is 83.8 Å². The van der Waals surface area contributed by atoms with Crippen molar-refractivity contribution in [2.75, 3.05) is 11.3 Å². The summed E-state index contributed by atoms with van der Waals surface area (Å²) in [5, 5.41) is 2.87. The fourth-order valence-electron chi connectivity index (χ4n) is 2.71. The van der Waals surface area contributed by atoms with Gasteiger partial charge in [-0.1, -0.05) is 35.9 Å². The van der Waals surface area contributed by atoms with Crippen LogP contribution < -0.4 is 14.8 Å². The number of hydrogen-bond donors (Lipinski definition) is 2. The van der Waals surface area contributed by atoms with E-state index in [1.165, 1.54) is 12.1 Å². The van der Waals surface area contributed by atoms with Crippen molar-refractivity contribution in [1.82, 2.24) is 5.32 Å². The predicted octanol–water partition coefficient (Wildman–Crippen LogP) is 3.99. The molecule has 1 atom stereocenters. The molecule has 0 fully saturated rings. The number of rotatable bonds is 8. The van der Waals surface area contributed by atoms with E-state index in [9.17, 15) is 13.2 Å². The monoisotopic (exact) mass is 424 g/mol. The van der Waals surface area contributed by atoms with Crippen LogP contribution in [0.5, 0.6) is 5.75 Å². The minimum Gasteiger partial charge on any atom is -0.491 e. The summed E-state index contributed by atoms with van der Waals surface area (Å²) in [6.45, 7) is 4.20. The zero-order chi connectivity index (χ0) is 21.6. The third-order valence-electron chi connectivity index (χ3n) is 4.35. The first-order valence-electron chi connectivity index (χ1n) is 9.52. The number of anilines is 1. The van der Waals surface area contributed by atoms with Gasteiger partial charge in [0.2, 0.25) is 0 Å². The van der Waals surface area contributed by atoms with Crippen LogP contribution in [0.4, 0.5) is 5.69 Å². The van der Waals surface area contributed by atoms with Gasteiger partial charge >= 0.3 is 0 Å². The fourth-order valence-corrected chi connectivity index (χ4v) is 3.79. The van der Waals surface area contributed by atoms with E-state index in [2.05, 4.69) is 10.0 Å². The number of ether oxygens (including phenoxy) is 1. The Morgan fingerprint density at radius 1 is 0.933 bits per heavy atom. The maximum absolute atomic E-state index is 12.4. The smallest absolute Gasteiger partial charge is 0.261 e. The Bertz CT molecular complexity index is 1080. The van der Waals surface area contributed by atoms with Crippen LogP contribution in [0, 0.1) is 6.92 Å². The van der Waals surface area contributed by atoms with E-state index >= 15 is 0 Å². The van der Waals surface area contributed by atoms with Gasteiger partial charge in [0.15, 0.2) is 0 Å². The Morgan fingerprint density at radius 2 is 1.57 bits per heavy atom. The van der Waals surface area contributed by atoms with Gasteiger partial charge < -0.3 is 10.1 Å². The molecule has 0 radical (unpaired) electrons. The Kier molecular flexibility index (Phi) is 6.74. The number of carbonyl (C=O) groups is 1. The molecule has 7 heteroatoms. The van der Waals surface area contributed by atoms with Crippen LogP contribution in [-0.2, 0) is 10.0 Å². The number of nitrogens with one attached hydrogen (secondary N) is 2. The summed E-state index contributed by atoms with van der Waals surface area (Å²) >= 11 is 0. The Balaban J connectivity index is 1.55. The van der Waals surface area contributed by atoms with Crippen LogP contribution in [0.1, 0.15) is 22.8 Å². The summed E-state index contributed by atoms with van der Waals surface area (Å²) in [7, 11) is -3.67. The number of carbonyl (C=O) groups excluding carboxylic acids is 1. The fraction of sp³-hybridized carbons (Fsp3) is 0.174. The molecule has 0 saturated carbocycles. The zero-order valence-corrected chi connectivity index (χ0v) is 17.6. The van der Waals surface area contributed by atoms with Crippen LogP contribution in [0.2, 0.25) is 0 Å². The van der Waals surface area contributed by atoms with Gasteiger partial charge in [0, 0.05) is 11.3 Å². The quantitative estimate of drug-likeness (QED) is 0.573. The first-order chi connectivity index (χ1) is 14.3. The van der Waals surface area contributed by atoms with Gasteiger partial charge in [0.25, 0.3) is 15.9 Å². The van der Waals surface area contributed by atoms with E-state index in [0.29, 0.717) is 17.9 Å². The SMILES string of the molecule is Cc1ccc(OC[C@@H](C)NC(=O)c2ccc(NS(=O)(=O)c3ccccc3)cc2)cc1. The third-order valence-corrected chi connectivity index (χ3v) is 5.75. The molecule has 6 nitrogen and oxygen atoms in total. The molecule has 0 aliphatic carbocycles. The first kappa shape index (κ1) is 21.4. The molecule has 2 N–H and O–H groups in total. The summed E-state index contributed by atoms with van der Waals surface area (Å²) < 4.78 is 32.9. The lowest BCUT2D eigenvalue weighted by atomic mass is 10.2. The second-order valence-corrected chi connectivity index (χ2v) is 8.68. The number of amides is 1. The normalized spacial score (nSPS) is 12.1. The molecular weight excluding hydrogens is 400 g/mol. The Labute approximate surface area is 177 Å². The lowest BCUT2D eigenvalue weighted by molar-refractivity contribution is 0.0926. The average molecular weight is 425 g/mol. The second-order valence-electron chi connectivity index (χ2n) is 6.99. The minimum absolute atomic E-state index is 0.175. The molecule has 0 heterocycles. The maximum atomic E-state index is 12.4. The summed E-state index contributed by atoms with van der Waals surface area (Å²) in [6.07, 6.45) is 0. The topological polar surface area (TPSA) is 84.5 Å². The van der Waals surface area contributed by atoms with Crippen molar-refractivity contribution in [2.45, 2.75) is 24.8 Å². The van der Waals surface area contributed by atoms with Crippen molar-refractivity contribution >= 4 is 21.6 Å². The summed E-state index contributed by atoms with van der Waals surface area (Å²) in [6, 6.07) is 21.9. The molecular formula is C23H24N2O4S. The van der Waals surface area contributed by atoms with E-state index < -0.39 is 10.0 Å². The van der Waals surface area contributed by atoms with E-state index in [-0.39, 0.29) is 16.8 Å². The van der Waals surface area contributed by atoms with Crippen molar-refractivity contribution in [3.05, 3.63) is 90.0 Å². The van der Waals surface area contributed by atoms with Crippen LogP contribution in [0.3, 0.4) is 0 Å². The number of sulfonamides is 1. The molecule has 30 heavy (non-hydrogen) atoms. The Morgan fingerprint density at radius 3 is 2.20 bits per heavy atom. The highest BCUT2D eigenvalue weighted by Crippen LogP contribution is 2.17. The second kappa shape index (κ2) is 9.45. The van der Waals surface area contributed by atoms with Crippen molar-refractivity contribution in [3.8, 4) is 5.75 Å². The highest BCUT2D eigenvalue weighted by molar-refractivity contribution is 7.92. The molecule has 0 spiro atoms. The van der Waals surface area contributed by atoms with Gasteiger partial charge in [-0.3, -0.25) is 9.52 Å². The molecule has 1 amide bonds. The summed E-state index contributed by atoms with van der Waals surface area (Å²) in [5.41, 5.74) is 1.96. The van der Waals surface area contributed by atoms with Crippen molar-refractivity contribution < 1.29 is 17.9 Å². The predicted molar refractivity (Wildman–Crippen MR) is 117 cm³/mol. The van der Waals surface area contributed by atoms with Crippen LogP contribution in [0.25, 0.3) is 0 Å². The molecule has 0 saturated heterocycles. The maximum Gasteiger partial charge on any atom is 0.261 e. The van der Waals surface area contributed by atoms with E-state index in [1.54, 1.807) is 42.5 Å². The molecule has 0 aromatic heterocycles. The number of benzene rings is 3. The molecule has 3 aromatic carbocycles. The highest BCUT2D eigenvalue weighted by Gasteiger charge is 2.14. The summed E-state index contributed by atoms with van der Waals surface area (Å²) in [4.78, 5) is 12.6. The lowest BCUT2D eigenvalue weighted by Gasteiger charge is -2.15. The molecule has 0 aliphatic rings. The van der Waals surface area contributed by atoms with Gasteiger partial charge in [0.05, 0.1) is 10.9 Å². The van der Waals surface area contributed by atoms with Gasteiger partial charge in [-0.15, -0.1) is 0 Å². The Hall–Kier alpha value is -3.32. The van der Waals surface area contributed by atoms with E-state index in [0.717, 1.165) is 11.3 Å². The lowest BCUT2D eigenvalue weighted by Crippen LogP contribution is -2.36. The first-order valence-corrected chi connectivity index (χ1v) is 11.0. The minimum atomic E-state index is -3.67. The van der Waals surface area contributed by atoms with Crippen molar-refractivity contribution in [1.29, 1.82) is 0 Å². The zero-order valence-electron chi connectivity index (χ0n) is 16.8. The molecule has 0 aliphatic heterocycles. The standard InChI is InChI=1S/C23H24N2O4S/c1-17-8-14-21(15-9-17)29-16-18(2)24-23(26)19-10-12-20(13-11-19)25-30(27,28)22-6-4-3-5-7-22/h3-15,18,25H,16H2,1-2H3,(H,24,26)/t18-/m1/s1. The summed E-state index contributed by atoms with van der Waals surface area (Å²) in [5.74, 6) is 0.490. The van der Waals surface area contributed by atoms with E-state index in [4.69, 9.17) is 4.74 Å². The molecule has 0 unspecified atom stereocenters. The van der Waals surface area contributed by atoms with Gasteiger partial charge in [-0.25, -0.2) is 8.42 Å². The van der Waals surface area contributed by atoms with E-state index in [1.807, 2.05) is 38.1 Å². The molecule has 3 aromatic rings. The van der Waals surface area contributed by atoms with Crippen molar-refractivity contribution in [3.63, 3.8) is 0 Å². The van der Waals surface area contributed by atoms with Gasteiger partial charge in [-0.05, 0) is 62.4 Å². The number of aryl methyl sites for hydroxylation is 1. The van der Waals surface area contributed by atoms with Crippen LogP contribution >= 0.6 is 0 Å². The third kappa shape index (κ3) is 5.84.